The van der Waals surface area contributed by atoms with Crippen molar-refractivity contribution in [2.75, 3.05) is 24.2 Å². The maximum absolute atomic E-state index is 13.6. The Morgan fingerprint density at radius 1 is 1.09 bits per heavy atom. The van der Waals surface area contributed by atoms with Crippen LogP contribution in [0.15, 0.2) is 42.5 Å². The Balaban J connectivity index is 2.46. The summed E-state index contributed by atoms with van der Waals surface area (Å²) in [6.45, 7) is 4.90. The Morgan fingerprint density at radius 2 is 1.74 bits per heavy atom. The molecule has 0 radical (unpaired) electrons. The van der Waals surface area contributed by atoms with Crippen molar-refractivity contribution in [3.8, 4) is 5.75 Å². The van der Waals surface area contributed by atoms with Crippen molar-refractivity contribution in [2.45, 2.75) is 45.8 Å². The molecule has 0 bridgehead atoms. The highest BCUT2D eigenvalue weighted by atomic mass is 35.5. The number of carbonyl (C=O) groups is 2. The van der Waals surface area contributed by atoms with Crippen LogP contribution in [0.5, 0.6) is 5.75 Å². The van der Waals surface area contributed by atoms with E-state index >= 15 is 0 Å². The number of ether oxygens (including phenoxy) is 1. The minimum atomic E-state index is -3.92. The van der Waals surface area contributed by atoms with Crippen molar-refractivity contribution >= 4 is 50.7 Å². The molecule has 192 valence electrons. The van der Waals surface area contributed by atoms with Crippen molar-refractivity contribution in [1.29, 1.82) is 0 Å². The van der Waals surface area contributed by atoms with Gasteiger partial charge in [0.1, 0.15) is 18.3 Å². The molecular formula is C24H31Cl2N3O5S. The summed E-state index contributed by atoms with van der Waals surface area (Å²) in [7, 11) is -2.53. The number of halogens is 2. The molecule has 2 atom stereocenters. The molecule has 0 aliphatic carbocycles. The largest absolute Gasteiger partial charge is 0.495 e. The van der Waals surface area contributed by atoms with Crippen LogP contribution in [0.3, 0.4) is 0 Å². The van der Waals surface area contributed by atoms with Gasteiger partial charge < -0.3 is 15.0 Å². The smallest absolute Gasteiger partial charge is 0.244 e. The molecule has 0 aromatic heterocycles. The van der Waals surface area contributed by atoms with E-state index in [0.717, 1.165) is 17.0 Å². The second-order valence-electron chi connectivity index (χ2n) is 8.23. The van der Waals surface area contributed by atoms with Crippen LogP contribution in [0, 0.1) is 0 Å². The van der Waals surface area contributed by atoms with E-state index in [1.165, 1.54) is 24.1 Å². The molecule has 0 heterocycles. The fraction of sp³-hybridized carbons (Fsp3) is 0.417. The molecule has 1 N–H and O–H groups in total. The van der Waals surface area contributed by atoms with Crippen LogP contribution < -0.4 is 14.4 Å². The third-order valence-electron chi connectivity index (χ3n) is 5.50. The zero-order valence-corrected chi connectivity index (χ0v) is 22.7. The van der Waals surface area contributed by atoms with E-state index in [1.54, 1.807) is 37.3 Å². The number of hydrogen-bond donors (Lipinski definition) is 1. The zero-order chi connectivity index (χ0) is 26.3. The molecule has 0 aliphatic heterocycles. The normalized spacial score (nSPS) is 13.0. The summed E-state index contributed by atoms with van der Waals surface area (Å²) >= 11 is 12.2. The van der Waals surface area contributed by atoms with Gasteiger partial charge in [-0.15, -0.1) is 0 Å². The number of anilines is 1. The molecule has 0 saturated carbocycles. The van der Waals surface area contributed by atoms with Gasteiger partial charge in [0.2, 0.25) is 21.8 Å². The highest BCUT2D eigenvalue weighted by Crippen LogP contribution is 2.33. The van der Waals surface area contributed by atoms with Crippen LogP contribution in [0.2, 0.25) is 10.0 Å². The van der Waals surface area contributed by atoms with Crippen molar-refractivity contribution in [3.05, 3.63) is 58.1 Å². The number of nitrogens with zero attached hydrogens (tertiary/aromatic N) is 2. The third kappa shape index (κ3) is 8.02. The average Bonchev–Trinajstić information content (AvgIpc) is 2.79. The number of amides is 2. The van der Waals surface area contributed by atoms with Crippen LogP contribution in [0.4, 0.5) is 5.69 Å². The van der Waals surface area contributed by atoms with E-state index in [2.05, 4.69) is 5.32 Å². The first-order chi connectivity index (χ1) is 16.4. The van der Waals surface area contributed by atoms with Gasteiger partial charge in [0, 0.05) is 22.6 Å². The van der Waals surface area contributed by atoms with E-state index < -0.39 is 28.5 Å². The minimum absolute atomic E-state index is 0.0543. The van der Waals surface area contributed by atoms with Crippen LogP contribution in [0.25, 0.3) is 0 Å². The standard InChI is InChI=1S/C24H31Cl2N3O5S/c1-6-16(2)27-24(31)17(3)28(14-18-8-7-9-19(25)12-18)23(30)15-29(35(5,32)33)21-13-20(26)10-11-22(21)34-4/h7-13,16-17H,6,14-15H2,1-5H3,(H,27,31)/t16-,17-/m0/s1. The predicted octanol–water partition coefficient (Wildman–Crippen LogP) is 4.10. The average molecular weight is 545 g/mol. The second-order valence-corrected chi connectivity index (χ2v) is 11.0. The summed E-state index contributed by atoms with van der Waals surface area (Å²) in [5, 5.41) is 3.63. The summed E-state index contributed by atoms with van der Waals surface area (Å²) in [5.74, 6) is -0.693. The molecule has 8 nitrogen and oxygen atoms in total. The predicted molar refractivity (Wildman–Crippen MR) is 140 cm³/mol. The van der Waals surface area contributed by atoms with Crippen molar-refractivity contribution in [3.63, 3.8) is 0 Å². The molecule has 2 rings (SSSR count). The van der Waals surface area contributed by atoms with Gasteiger partial charge in [-0.3, -0.25) is 13.9 Å². The summed E-state index contributed by atoms with van der Waals surface area (Å²) in [6, 6.07) is 10.4. The Kier molecular flexibility index (Phi) is 10.2. The number of nitrogens with one attached hydrogen (secondary N) is 1. The van der Waals surface area contributed by atoms with Gasteiger partial charge in [-0.1, -0.05) is 42.3 Å². The van der Waals surface area contributed by atoms with Gasteiger partial charge in [-0.25, -0.2) is 8.42 Å². The fourth-order valence-corrected chi connectivity index (χ4v) is 4.56. The van der Waals surface area contributed by atoms with Gasteiger partial charge in [-0.2, -0.15) is 0 Å². The molecule has 2 aromatic rings. The maximum Gasteiger partial charge on any atom is 0.244 e. The topological polar surface area (TPSA) is 96.0 Å². The lowest BCUT2D eigenvalue weighted by Crippen LogP contribution is -2.52. The van der Waals surface area contributed by atoms with Gasteiger partial charge in [0.25, 0.3) is 0 Å². The van der Waals surface area contributed by atoms with Crippen molar-refractivity contribution in [2.24, 2.45) is 0 Å². The molecule has 2 aromatic carbocycles. The molecule has 0 saturated heterocycles. The third-order valence-corrected chi connectivity index (χ3v) is 7.10. The quantitative estimate of drug-likeness (QED) is 0.460. The number of methoxy groups -OCH3 is 1. The van der Waals surface area contributed by atoms with Crippen LogP contribution >= 0.6 is 23.2 Å². The number of hydrogen-bond acceptors (Lipinski definition) is 5. The van der Waals surface area contributed by atoms with Gasteiger partial charge in [0.05, 0.1) is 19.1 Å². The second kappa shape index (κ2) is 12.5. The number of benzene rings is 2. The van der Waals surface area contributed by atoms with Gasteiger partial charge >= 0.3 is 0 Å². The van der Waals surface area contributed by atoms with E-state index in [-0.39, 0.29) is 35.0 Å². The maximum atomic E-state index is 13.6. The van der Waals surface area contributed by atoms with Gasteiger partial charge in [-0.05, 0) is 56.2 Å². The summed E-state index contributed by atoms with van der Waals surface area (Å²) in [4.78, 5) is 27.8. The molecule has 35 heavy (non-hydrogen) atoms. The first kappa shape index (κ1) is 28.7. The highest BCUT2D eigenvalue weighted by Gasteiger charge is 2.31. The number of carbonyl (C=O) groups excluding carboxylic acids is 2. The fourth-order valence-electron chi connectivity index (χ4n) is 3.33. The SMILES string of the molecule is CC[C@H](C)NC(=O)[C@H](C)N(Cc1cccc(Cl)c1)C(=O)CN(c1cc(Cl)ccc1OC)S(C)(=O)=O. The summed E-state index contributed by atoms with van der Waals surface area (Å²) in [6.07, 6.45) is 1.71. The summed E-state index contributed by atoms with van der Waals surface area (Å²) in [5.41, 5.74) is 0.815. The molecule has 0 spiro atoms. The summed E-state index contributed by atoms with van der Waals surface area (Å²) < 4.78 is 31.7. The Bertz CT molecular complexity index is 1160. The van der Waals surface area contributed by atoms with Crippen molar-refractivity contribution in [1.82, 2.24) is 10.2 Å². The van der Waals surface area contributed by atoms with Crippen LogP contribution in [-0.2, 0) is 26.2 Å². The van der Waals surface area contributed by atoms with Gasteiger partial charge in [0.15, 0.2) is 0 Å². The van der Waals surface area contributed by atoms with Crippen LogP contribution in [0.1, 0.15) is 32.8 Å². The Morgan fingerprint density at radius 3 is 2.31 bits per heavy atom. The molecule has 0 fully saturated rings. The monoisotopic (exact) mass is 543 g/mol. The van der Waals surface area contributed by atoms with E-state index in [4.69, 9.17) is 27.9 Å². The van der Waals surface area contributed by atoms with E-state index in [0.29, 0.717) is 10.6 Å². The van der Waals surface area contributed by atoms with Crippen LogP contribution in [-0.4, -0.2) is 57.1 Å². The first-order valence-corrected chi connectivity index (χ1v) is 13.6. The zero-order valence-electron chi connectivity index (χ0n) is 20.4. The first-order valence-electron chi connectivity index (χ1n) is 11.0. The van der Waals surface area contributed by atoms with E-state index in [1.807, 2.05) is 13.8 Å². The molecule has 2 amide bonds. The highest BCUT2D eigenvalue weighted by molar-refractivity contribution is 7.92. The molecule has 0 aliphatic rings. The molecule has 0 unspecified atom stereocenters. The Hall–Kier alpha value is -2.49. The lowest BCUT2D eigenvalue weighted by molar-refractivity contribution is -0.139. The molecule has 11 heteroatoms. The lowest BCUT2D eigenvalue weighted by Gasteiger charge is -2.32. The number of sulfonamides is 1. The van der Waals surface area contributed by atoms with Crippen molar-refractivity contribution < 1.29 is 22.7 Å². The number of rotatable bonds is 11. The minimum Gasteiger partial charge on any atom is -0.495 e. The Labute approximate surface area is 217 Å². The van der Waals surface area contributed by atoms with E-state index in [9.17, 15) is 18.0 Å². The molecular weight excluding hydrogens is 513 g/mol. The lowest BCUT2D eigenvalue weighted by atomic mass is 10.1.